The molecule has 6 nitrogen and oxygen atoms in total. The van der Waals surface area contributed by atoms with Crippen molar-refractivity contribution in [1.29, 1.82) is 0 Å². The minimum Gasteiger partial charge on any atom is -0.399 e. The van der Waals surface area contributed by atoms with Gasteiger partial charge in [-0.05, 0) is 24.3 Å². The molecule has 0 saturated heterocycles. The Bertz CT molecular complexity index is 632. The minimum absolute atomic E-state index is 0.0812. The van der Waals surface area contributed by atoms with Crippen LogP contribution >= 0.6 is 23.2 Å². The van der Waals surface area contributed by atoms with Gasteiger partial charge in [0, 0.05) is 18.1 Å². The minimum atomic E-state index is -4.04. The van der Waals surface area contributed by atoms with Crippen LogP contribution in [0.4, 0.5) is 5.95 Å². The molecule has 3 N–H and O–H groups in total. The third-order valence-corrected chi connectivity index (χ3v) is 5.77. The smallest absolute Gasteiger partial charge is 0.260 e. The molecule has 2 unspecified atom stereocenters. The van der Waals surface area contributed by atoms with Gasteiger partial charge in [0.05, 0.1) is 5.38 Å². The quantitative estimate of drug-likeness (QED) is 0.815. The van der Waals surface area contributed by atoms with E-state index in [2.05, 4.69) is 14.7 Å². The SMILES string of the molecule is NC1=CC(Cl)C(Cl)(S(=O)(=O)Nc2ncccn2)C=C1. The third kappa shape index (κ3) is 2.68. The molecule has 0 radical (unpaired) electrons. The molecule has 0 fully saturated rings. The number of rotatable bonds is 3. The Morgan fingerprint density at radius 2 is 2.00 bits per heavy atom. The maximum absolute atomic E-state index is 12.3. The predicted octanol–water partition coefficient (Wildman–Crippen LogP) is 1.17. The number of allylic oxidation sites excluding steroid dienone is 2. The van der Waals surface area contributed by atoms with Crippen molar-refractivity contribution in [2.75, 3.05) is 4.72 Å². The van der Waals surface area contributed by atoms with Gasteiger partial charge in [0.25, 0.3) is 10.0 Å². The maximum Gasteiger partial charge on any atom is 0.260 e. The number of anilines is 1. The van der Waals surface area contributed by atoms with E-state index in [9.17, 15) is 8.42 Å². The van der Waals surface area contributed by atoms with Crippen molar-refractivity contribution < 1.29 is 8.42 Å². The molecular formula is C10H10Cl2N4O2S. The van der Waals surface area contributed by atoms with Crippen LogP contribution in [0.25, 0.3) is 0 Å². The molecule has 1 aliphatic rings. The van der Waals surface area contributed by atoms with Gasteiger partial charge < -0.3 is 5.73 Å². The van der Waals surface area contributed by atoms with Crippen LogP contribution in [0.3, 0.4) is 0 Å². The number of nitrogens with one attached hydrogen (secondary N) is 1. The van der Waals surface area contributed by atoms with Gasteiger partial charge in [-0.1, -0.05) is 11.6 Å². The predicted molar refractivity (Wildman–Crippen MR) is 74.2 cm³/mol. The lowest BCUT2D eigenvalue weighted by Gasteiger charge is -2.29. The van der Waals surface area contributed by atoms with Crippen molar-refractivity contribution in [2.24, 2.45) is 5.73 Å². The molecule has 2 atom stereocenters. The zero-order chi connectivity index (χ0) is 14.1. The van der Waals surface area contributed by atoms with Gasteiger partial charge in [0.2, 0.25) is 10.2 Å². The van der Waals surface area contributed by atoms with Crippen molar-refractivity contribution in [2.45, 2.75) is 9.58 Å². The number of halogens is 2. The van der Waals surface area contributed by atoms with E-state index < -0.39 is 19.6 Å². The van der Waals surface area contributed by atoms with Gasteiger partial charge in [-0.3, -0.25) is 0 Å². The molecule has 1 heterocycles. The van der Waals surface area contributed by atoms with E-state index in [0.717, 1.165) is 0 Å². The first kappa shape index (κ1) is 14.1. The molecule has 1 aliphatic carbocycles. The lowest BCUT2D eigenvalue weighted by molar-refractivity contribution is 0.587. The summed E-state index contributed by atoms with van der Waals surface area (Å²) in [4.78, 5) is 7.53. The molecule has 9 heteroatoms. The van der Waals surface area contributed by atoms with Gasteiger partial charge in [-0.15, -0.1) is 11.6 Å². The summed E-state index contributed by atoms with van der Waals surface area (Å²) in [5.74, 6) is -0.0812. The summed E-state index contributed by atoms with van der Waals surface area (Å²) in [5.41, 5.74) is 5.88. The second-order valence-corrected chi connectivity index (χ2v) is 6.98. The molecule has 0 saturated carbocycles. The van der Waals surface area contributed by atoms with Crippen molar-refractivity contribution in [3.05, 3.63) is 42.4 Å². The van der Waals surface area contributed by atoms with E-state index in [1.54, 1.807) is 6.07 Å². The molecule has 0 aliphatic heterocycles. The fourth-order valence-corrected chi connectivity index (χ4v) is 3.35. The van der Waals surface area contributed by atoms with Crippen LogP contribution in [0, 0.1) is 0 Å². The molecule has 19 heavy (non-hydrogen) atoms. The Morgan fingerprint density at radius 1 is 1.37 bits per heavy atom. The fraction of sp³-hybridized carbons (Fsp3) is 0.200. The van der Waals surface area contributed by atoms with E-state index in [1.165, 1.54) is 30.6 Å². The highest BCUT2D eigenvalue weighted by atomic mass is 35.5. The molecule has 0 bridgehead atoms. The fourth-order valence-electron chi connectivity index (χ4n) is 1.43. The van der Waals surface area contributed by atoms with Gasteiger partial charge >= 0.3 is 0 Å². The summed E-state index contributed by atoms with van der Waals surface area (Å²) in [6.45, 7) is 0. The largest absolute Gasteiger partial charge is 0.399 e. The van der Waals surface area contributed by atoms with E-state index in [0.29, 0.717) is 5.70 Å². The average Bonchev–Trinajstić information content (AvgIpc) is 2.35. The Balaban J connectivity index is 2.33. The highest BCUT2D eigenvalue weighted by molar-refractivity contribution is 7.95. The molecular weight excluding hydrogens is 311 g/mol. The summed E-state index contributed by atoms with van der Waals surface area (Å²) in [6, 6.07) is 1.56. The first-order valence-electron chi connectivity index (χ1n) is 5.14. The third-order valence-electron chi connectivity index (χ3n) is 2.42. The highest BCUT2D eigenvalue weighted by Gasteiger charge is 2.47. The number of alkyl halides is 2. The number of hydrogen-bond donors (Lipinski definition) is 2. The van der Waals surface area contributed by atoms with Gasteiger partial charge in [0.1, 0.15) is 0 Å². The van der Waals surface area contributed by atoms with Crippen LogP contribution < -0.4 is 10.5 Å². The molecule has 0 amide bonds. The topological polar surface area (TPSA) is 98.0 Å². The molecule has 1 aromatic heterocycles. The Labute approximate surface area is 120 Å². The summed E-state index contributed by atoms with van der Waals surface area (Å²) in [5, 5.41) is -1.01. The molecule has 1 aromatic rings. The van der Waals surface area contributed by atoms with E-state index in [1.807, 2.05) is 0 Å². The van der Waals surface area contributed by atoms with Crippen LogP contribution in [-0.4, -0.2) is 28.0 Å². The highest BCUT2D eigenvalue weighted by Crippen LogP contribution is 2.36. The number of nitrogens with zero attached hydrogens (tertiary/aromatic N) is 2. The Kier molecular flexibility index (Phi) is 3.71. The van der Waals surface area contributed by atoms with E-state index in [4.69, 9.17) is 28.9 Å². The van der Waals surface area contributed by atoms with Crippen LogP contribution in [0.5, 0.6) is 0 Å². The van der Waals surface area contributed by atoms with Crippen molar-refractivity contribution in [1.82, 2.24) is 9.97 Å². The standard InChI is InChI=1S/C10H10Cl2N4O2S/c11-8-6-7(13)2-3-10(8,12)19(17,18)16-9-14-4-1-5-15-9/h1-6,8H,13H2,(H,14,15,16). The number of hydrogen-bond acceptors (Lipinski definition) is 5. The zero-order valence-electron chi connectivity index (χ0n) is 9.49. The Morgan fingerprint density at radius 3 is 2.58 bits per heavy atom. The van der Waals surface area contributed by atoms with E-state index >= 15 is 0 Å². The Hall–Kier alpha value is -1.31. The van der Waals surface area contributed by atoms with Crippen molar-refractivity contribution in [3.8, 4) is 0 Å². The first-order chi connectivity index (χ1) is 8.85. The first-order valence-corrected chi connectivity index (χ1v) is 7.44. The van der Waals surface area contributed by atoms with E-state index in [-0.39, 0.29) is 5.95 Å². The molecule has 2 rings (SSSR count). The van der Waals surface area contributed by atoms with Crippen molar-refractivity contribution >= 4 is 39.2 Å². The number of aromatic nitrogens is 2. The number of nitrogens with two attached hydrogens (primary N) is 1. The van der Waals surface area contributed by atoms with Crippen LogP contribution in [-0.2, 0) is 10.0 Å². The normalized spacial score (nSPS) is 26.8. The molecule has 0 aromatic carbocycles. The van der Waals surface area contributed by atoms with Crippen LogP contribution in [0.15, 0.2) is 42.4 Å². The summed E-state index contributed by atoms with van der Waals surface area (Å²) >= 11 is 12.1. The zero-order valence-corrected chi connectivity index (χ0v) is 11.8. The lowest BCUT2D eigenvalue weighted by atomic mass is 10.1. The van der Waals surface area contributed by atoms with Gasteiger partial charge in [-0.25, -0.2) is 23.1 Å². The second kappa shape index (κ2) is 4.99. The van der Waals surface area contributed by atoms with Crippen molar-refractivity contribution in [3.63, 3.8) is 0 Å². The van der Waals surface area contributed by atoms with Crippen LogP contribution in [0.2, 0.25) is 0 Å². The molecule has 102 valence electrons. The molecule has 0 spiro atoms. The average molecular weight is 321 g/mol. The maximum atomic E-state index is 12.3. The summed E-state index contributed by atoms with van der Waals surface area (Å²) in [6.07, 6.45) is 6.78. The van der Waals surface area contributed by atoms with Gasteiger partial charge in [-0.2, -0.15) is 0 Å². The van der Waals surface area contributed by atoms with Gasteiger partial charge in [0.15, 0.2) is 0 Å². The second-order valence-electron chi connectivity index (χ2n) is 3.78. The lowest BCUT2D eigenvalue weighted by Crippen LogP contribution is -2.44. The monoisotopic (exact) mass is 320 g/mol. The van der Waals surface area contributed by atoms with Crippen LogP contribution in [0.1, 0.15) is 0 Å². The summed E-state index contributed by atoms with van der Waals surface area (Å²) < 4.78 is 24.9. The number of sulfonamides is 1. The summed E-state index contributed by atoms with van der Waals surface area (Å²) in [7, 11) is -4.04.